The molecular formula is C11H17N7O. The lowest BCUT2D eigenvalue weighted by molar-refractivity contribution is -0.116. The SMILES string of the molecule is Cc1nn(C)c(C)c1NC(=O)Cn1cc(CN)nn1. The molecule has 2 heterocycles. The topological polar surface area (TPSA) is 104 Å². The van der Waals surface area contributed by atoms with Crippen molar-refractivity contribution in [3.05, 3.63) is 23.3 Å². The molecule has 1 amide bonds. The van der Waals surface area contributed by atoms with Gasteiger partial charge in [-0.05, 0) is 13.8 Å². The maximum absolute atomic E-state index is 11.9. The molecule has 19 heavy (non-hydrogen) atoms. The highest BCUT2D eigenvalue weighted by molar-refractivity contribution is 5.91. The number of hydrogen-bond acceptors (Lipinski definition) is 5. The van der Waals surface area contributed by atoms with Crippen LogP contribution >= 0.6 is 0 Å². The maximum Gasteiger partial charge on any atom is 0.246 e. The number of hydrogen-bond donors (Lipinski definition) is 2. The zero-order valence-corrected chi connectivity index (χ0v) is 11.2. The molecule has 0 spiro atoms. The molecule has 0 aliphatic heterocycles. The first-order valence-electron chi connectivity index (χ1n) is 5.90. The fourth-order valence-corrected chi connectivity index (χ4v) is 1.79. The van der Waals surface area contributed by atoms with E-state index in [0.717, 1.165) is 17.1 Å². The molecule has 0 radical (unpaired) electrons. The van der Waals surface area contributed by atoms with E-state index in [1.54, 1.807) is 10.9 Å². The van der Waals surface area contributed by atoms with Crippen LogP contribution in [0.2, 0.25) is 0 Å². The van der Waals surface area contributed by atoms with Gasteiger partial charge >= 0.3 is 0 Å². The van der Waals surface area contributed by atoms with E-state index in [1.165, 1.54) is 4.68 Å². The Balaban J connectivity index is 2.05. The Labute approximate surface area is 110 Å². The summed E-state index contributed by atoms with van der Waals surface area (Å²) in [4.78, 5) is 11.9. The van der Waals surface area contributed by atoms with E-state index in [4.69, 9.17) is 5.73 Å². The average molecular weight is 263 g/mol. The smallest absolute Gasteiger partial charge is 0.246 e. The predicted octanol–water partition coefficient (Wildman–Crippen LogP) is -0.274. The van der Waals surface area contributed by atoms with Crippen LogP contribution in [0.3, 0.4) is 0 Å². The van der Waals surface area contributed by atoms with Crippen molar-refractivity contribution in [3.63, 3.8) is 0 Å². The molecule has 2 aromatic heterocycles. The van der Waals surface area contributed by atoms with E-state index in [0.29, 0.717) is 12.2 Å². The lowest BCUT2D eigenvalue weighted by atomic mass is 10.3. The van der Waals surface area contributed by atoms with Crippen molar-refractivity contribution in [2.24, 2.45) is 12.8 Å². The van der Waals surface area contributed by atoms with Gasteiger partial charge in [0.25, 0.3) is 0 Å². The summed E-state index contributed by atoms with van der Waals surface area (Å²) >= 11 is 0. The minimum absolute atomic E-state index is 0.0980. The number of carbonyl (C=O) groups excluding carboxylic acids is 1. The Morgan fingerprint density at radius 3 is 2.74 bits per heavy atom. The second-order valence-corrected chi connectivity index (χ2v) is 4.33. The van der Waals surface area contributed by atoms with E-state index in [9.17, 15) is 4.79 Å². The summed E-state index contributed by atoms with van der Waals surface area (Å²) in [5.41, 5.74) is 8.53. The molecule has 102 valence electrons. The molecular weight excluding hydrogens is 246 g/mol. The number of amides is 1. The van der Waals surface area contributed by atoms with Gasteiger partial charge in [-0.25, -0.2) is 4.68 Å². The highest BCUT2D eigenvalue weighted by Crippen LogP contribution is 2.18. The highest BCUT2D eigenvalue weighted by Gasteiger charge is 2.13. The summed E-state index contributed by atoms with van der Waals surface area (Å²) in [6.07, 6.45) is 1.66. The van der Waals surface area contributed by atoms with Crippen LogP contribution in [0, 0.1) is 13.8 Å². The number of nitrogens with one attached hydrogen (secondary N) is 1. The number of aromatic nitrogens is 5. The molecule has 0 fully saturated rings. The normalized spacial score (nSPS) is 10.7. The summed E-state index contributed by atoms with van der Waals surface area (Å²) < 4.78 is 3.19. The van der Waals surface area contributed by atoms with Crippen LogP contribution in [-0.4, -0.2) is 30.7 Å². The third-order valence-electron chi connectivity index (χ3n) is 2.87. The van der Waals surface area contributed by atoms with E-state index in [2.05, 4.69) is 20.7 Å². The summed E-state index contributed by atoms with van der Waals surface area (Å²) in [7, 11) is 1.84. The summed E-state index contributed by atoms with van der Waals surface area (Å²) in [5, 5.41) is 14.7. The third kappa shape index (κ3) is 2.79. The van der Waals surface area contributed by atoms with Gasteiger partial charge < -0.3 is 11.1 Å². The zero-order valence-electron chi connectivity index (χ0n) is 11.2. The predicted molar refractivity (Wildman–Crippen MR) is 69.2 cm³/mol. The van der Waals surface area contributed by atoms with E-state index in [1.807, 2.05) is 20.9 Å². The Kier molecular flexibility index (Phi) is 3.61. The fourth-order valence-electron chi connectivity index (χ4n) is 1.79. The van der Waals surface area contributed by atoms with Crippen molar-refractivity contribution in [3.8, 4) is 0 Å². The largest absolute Gasteiger partial charge is 0.325 e. The van der Waals surface area contributed by atoms with Crippen molar-refractivity contribution in [1.29, 1.82) is 0 Å². The van der Waals surface area contributed by atoms with Gasteiger partial charge in [-0.1, -0.05) is 5.21 Å². The van der Waals surface area contributed by atoms with Crippen molar-refractivity contribution < 1.29 is 4.79 Å². The molecule has 0 aromatic carbocycles. The Morgan fingerprint density at radius 2 is 2.21 bits per heavy atom. The van der Waals surface area contributed by atoms with Crippen molar-refractivity contribution >= 4 is 11.6 Å². The van der Waals surface area contributed by atoms with E-state index >= 15 is 0 Å². The molecule has 8 nitrogen and oxygen atoms in total. The van der Waals surface area contributed by atoms with Gasteiger partial charge in [0.2, 0.25) is 5.91 Å². The number of rotatable bonds is 4. The lowest BCUT2D eigenvalue weighted by Gasteiger charge is -2.05. The molecule has 2 rings (SSSR count). The molecule has 0 unspecified atom stereocenters. The number of carbonyl (C=O) groups is 1. The molecule has 2 aromatic rings. The van der Waals surface area contributed by atoms with Gasteiger partial charge in [-0.2, -0.15) is 5.10 Å². The second kappa shape index (κ2) is 5.19. The van der Waals surface area contributed by atoms with Crippen LogP contribution in [0.15, 0.2) is 6.20 Å². The molecule has 0 bridgehead atoms. The first kappa shape index (κ1) is 13.2. The van der Waals surface area contributed by atoms with Gasteiger partial charge in [-0.15, -0.1) is 5.10 Å². The number of aryl methyl sites for hydroxylation is 2. The van der Waals surface area contributed by atoms with Crippen molar-refractivity contribution in [1.82, 2.24) is 24.8 Å². The molecule has 0 aliphatic rings. The molecule has 8 heteroatoms. The van der Waals surface area contributed by atoms with Crippen LogP contribution in [-0.2, 0) is 24.9 Å². The van der Waals surface area contributed by atoms with Gasteiger partial charge in [0.05, 0.1) is 29.0 Å². The summed E-state index contributed by atoms with van der Waals surface area (Å²) in [6.45, 7) is 4.16. The molecule has 3 N–H and O–H groups in total. The fraction of sp³-hybridized carbons (Fsp3) is 0.455. The van der Waals surface area contributed by atoms with Crippen molar-refractivity contribution in [2.75, 3.05) is 5.32 Å². The van der Waals surface area contributed by atoms with E-state index in [-0.39, 0.29) is 12.5 Å². The maximum atomic E-state index is 11.9. The standard InChI is InChI=1S/C11H17N7O/c1-7-11(8(2)17(3)15-7)13-10(19)6-18-5-9(4-12)14-16-18/h5H,4,6,12H2,1-3H3,(H,13,19). The highest BCUT2D eigenvalue weighted by atomic mass is 16.2. The summed E-state index contributed by atoms with van der Waals surface area (Å²) in [5.74, 6) is -0.173. The third-order valence-corrected chi connectivity index (χ3v) is 2.87. The minimum Gasteiger partial charge on any atom is -0.325 e. The quantitative estimate of drug-likeness (QED) is 0.790. The van der Waals surface area contributed by atoms with Crippen LogP contribution in [0.4, 0.5) is 5.69 Å². The summed E-state index contributed by atoms with van der Waals surface area (Å²) in [6, 6.07) is 0. The Bertz CT molecular complexity index is 598. The molecule has 0 saturated carbocycles. The second-order valence-electron chi connectivity index (χ2n) is 4.33. The first-order valence-corrected chi connectivity index (χ1v) is 5.90. The number of nitrogens with two attached hydrogens (primary N) is 1. The van der Waals surface area contributed by atoms with Crippen LogP contribution in [0.25, 0.3) is 0 Å². The lowest BCUT2D eigenvalue weighted by Crippen LogP contribution is -2.20. The van der Waals surface area contributed by atoms with Gasteiger partial charge in [-0.3, -0.25) is 9.48 Å². The minimum atomic E-state index is -0.173. The van der Waals surface area contributed by atoms with Gasteiger partial charge in [0, 0.05) is 13.6 Å². The Morgan fingerprint density at radius 1 is 1.47 bits per heavy atom. The van der Waals surface area contributed by atoms with Crippen molar-refractivity contribution in [2.45, 2.75) is 26.9 Å². The van der Waals surface area contributed by atoms with E-state index < -0.39 is 0 Å². The first-order chi connectivity index (χ1) is 9.01. The van der Waals surface area contributed by atoms with Crippen LogP contribution in [0.1, 0.15) is 17.1 Å². The molecule has 0 atom stereocenters. The Hall–Kier alpha value is -2.22. The number of nitrogens with zero attached hydrogens (tertiary/aromatic N) is 5. The van der Waals surface area contributed by atoms with Crippen LogP contribution < -0.4 is 11.1 Å². The number of anilines is 1. The van der Waals surface area contributed by atoms with Gasteiger partial charge in [0.1, 0.15) is 6.54 Å². The van der Waals surface area contributed by atoms with Crippen LogP contribution in [0.5, 0.6) is 0 Å². The molecule has 0 saturated heterocycles. The zero-order chi connectivity index (χ0) is 14.0. The van der Waals surface area contributed by atoms with Gasteiger partial charge in [0.15, 0.2) is 0 Å². The molecule has 0 aliphatic carbocycles. The average Bonchev–Trinajstić information content (AvgIpc) is 2.90. The monoisotopic (exact) mass is 263 g/mol.